The molecule has 4 heteroatoms. The van der Waals surface area contributed by atoms with Crippen molar-refractivity contribution >= 4 is 20.4 Å². The highest BCUT2D eigenvalue weighted by Crippen LogP contribution is 2.27. The normalized spacial score (nSPS) is 10.9. The summed E-state index contributed by atoms with van der Waals surface area (Å²) in [6, 6.07) is 18.5. The van der Waals surface area contributed by atoms with Crippen LogP contribution < -0.4 is 4.74 Å². The lowest BCUT2D eigenvalue weighted by Gasteiger charge is -2.09. The van der Waals surface area contributed by atoms with Crippen molar-refractivity contribution < 1.29 is 9.26 Å². The van der Waals surface area contributed by atoms with E-state index in [9.17, 15) is 0 Å². The van der Waals surface area contributed by atoms with E-state index in [0.29, 0.717) is 13.2 Å². The van der Waals surface area contributed by atoms with Crippen LogP contribution in [0.25, 0.3) is 10.9 Å². The van der Waals surface area contributed by atoms with Crippen molar-refractivity contribution in [3.63, 3.8) is 0 Å². The van der Waals surface area contributed by atoms with Crippen molar-refractivity contribution in [2.24, 2.45) is 0 Å². The SMILES string of the molecule is POCCn1ccc2c(OCc3ccccc3)cccc21. The van der Waals surface area contributed by atoms with Crippen LogP contribution in [0.4, 0.5) is 0 Å². The fraction of sp³-hybridized carbons (Fsp3) is 0.176. The molecular weight excluding hydrogens is 281 g/mol. The van der Waals surface area contributed by atoms with Crippen LogP contribution >= 0.6 is 9.47 Å². The molecule has 1 unspecified atom stereocenters. The third kappa shape index (κ3) is 3.26. The second-order valence-corrected chi connectivity index (χ2v) is 5.18. The predicted molar refractivity (Wildman–Crippen MR) is 88.4 cm³/mol. The maximum Gasteiger partial charge on any atom is 0.129 e. The van der Waals surface area contributed by atoms with Crippen molar-refractivity contribution in [2.75, 3.05) is 6.61 Å². The Balaban J connectivity index is 1.81. The summed E-state index contributed by atoms with van der Waals surface area (Å²) in [5, 5.41) is 1.14. The maximum absolute atomic E-state index is 5.97. The first kappa shape index (κ1) is 14.1. The van der Waals surface area contributed by atoms with Gasteiger partial charge in [0.05, 0.1) is 12.1 Å². The van der Waals surface area contributed by atoms with Gasteiger partial charge < -0.3 is 13.8 Å². The van der Waals surface area contributed by atoms with Crippen molar-refractivity contribution in [3.8, 4) is 5.75 Å². The quantitative estimate of drug-likeness (QED) is 0.642. The summed E-state index contributed by atoms with van der Waals surface area (Å²) in [7, 11) is 2.28. The van der Waals surface area contributed by atoms with Gasteiger partial charge in [-0.2, -0.15) is 0 Å². The van der Waals surface area contributed by atoms with E-state index in [1.807, 2.05) is 30.3 Å². The Labute approximate surface area is 126 Å². The molecule has 3 nitrogen and oxygen atoms in total. The number of benzene rings is 2. The van der Waals surface area contributed by atoms with Crippen LogP contribution in [0, 0.1) is 0 Å². The average Bonchev–Trinajstić information content (AvgIpc) is 2.95. The lowest BCUT2D eigenvalue weighted by molar-refractivity contribution is 0.310. The molecule has 1 aromatic heterocycles. The molecule has 0 amide bonds. The van der Waals surface area contributed by atoms with Crippen LogP contribution in [-0.2, 0) is 17.7 Å². The molecule has 3 aromatic rings. The molecule has 0 aliphatic rings. The van der Waals surface area contributed by atoms with Crippen LogP contribution in [0.1, 0.15) is 5.56 Å². The number of ether oxygens (including phenoxy) is 1. The van der Waals surface area contributed by atoms with E-state index in [1.165, 1.54) is 11.1 Å². The molecule has 1 heterocycles. The minimum Gasteiger partial charge on any atom is -0.488 e. The number of rotatable bonds is 6. The highest BCUT2D eigenvalue weighted by molar-refractivity contribution is 7.09. The number of fused-ring (bicyclic) bond motifs is 1. The van der Waals surface area contributed by atoms with E-state index < -0.39 is 0 Å². The second-order valence-electron chi connectivity index (χ2n) is 4.84. The Morgan fingerprint density at radius 2 is 1.81 bits per heavy atom. The van der Waals surface area contributed by atoms with E-state index in [1.54, 1.807) is 0 Å². The van der Waals surface area contributed by atoms with Crippen LogP contribution in [-0.4, -0.2) is 11.2 Å². The van der Waals surface area contributed by atoms with Gasteiger partial charge in [-0.3, -0.25) is 0 Å². The molecular formula is C17H18NO2P. The Morgan fingerprint density at radius 1 is 0.952 bits per heavy atom. The predicted octanol–water partition coefficient (Wildman–Crippen LogP) is 4.03. The molecule has 0 bridgehead atoms. The third-order valence-corrected chi connectivity index (χ3v) is 3.70. The number of aromatic nitrogens is 1. The van der Waals surface area contributed by atoms with Gasteiger partial charge in [0.1, 0.15) is 12.4 Å². The zero-order valence-electron chi connectivity index (χ0n) is 11.7. The lowest BCUT2D eigenvalue weighted by atomic mass is 10.2. The molecule has 0 saturated heterocycles. The zero-order chi connectivity index (χ0) is 14.5. The van der Waals surface area contributed by atoms with Gasteiger partial charge in [-0.05, 0) is 23.8 Å². The van der Waals surface area contributed by atoms with Gasteiger partial charge in [0.15, 0.2) is 0 Å². The van der Waals surface area contributed by atoms with Crippen molar-refractivity contribution in [1.29, 1.82) is 0 Å². The summed E-state index contributed by atoms with van der Waals surface area (Å²) in [6.07, 6.45) is 2.07. The summed E-state index contributed by atoms with van der Waals surface area (Å²) in [5.74, 6) is 0.918. The van der Waals surface area contributed by atoms with Crippen molar-refractivity contribution in [1.82, 2.24) is 4.57 Å². The zero-order valence-corrected chi connectivity index (χ0v) is 12.9. The van der Waals surface area contributed by atoms with Gasteiger partial charge in [0.25, 0.3) is 0 Å². The van der Waals surface area contributed by atoms with E-state index in [0.717, 1.165) is 17.7 Å². The molecule has 0 aliphatic heterocycles. The number of hydrogen-bond acceptors (Lipinski definition) is 2. The minimum absolute atomic E-state index is 0.583. The van der Waals surface area contributed by atoms with Crippen molar-refractivity contribution in [3.05, 3.63) is 66.4 Å². The number of hydrogen-bond donors (Lipinski definition) is 0. The standard InChI is InChI=1S/C17H18NO2P/c21-20-12-11-18-10-9-15-16(18)7-4-8-17(15)19-13-14-5-2-1-3-6-14/h1-10H,11-13,21H2. The Hall–Kier alpha value is -1.83. The molecule has 108 valence electrons. The first-order valence-electron chi connectivity index (χ1n) is 6.95. The molecule has 2 aromatic carbocycles. The smallest absolute Gasteiger partial charge is 0.129 e. The van der Waals surface area contributed by atoms with Gasteiger partial charge in [-0.15, -0.1) is 0 Å². The Kier molecular flexibility index (Phi) is 4.54. The Bertz CT molecular complexity index is 709. The highest BCUT2D eigenvalue weighted by Gasteiger charge is 2.06. The molecule has 0 saturated carbocycles. The molecule has 0 aliphatic carbocycles. The summed E-state index contributed by atoms with van der Waals surface area (Å²) in [5.41, 5.74) is 2.34. The second kappa shape index (κ2) is 6.75. The summed E-state index contributed by atoms with van der Waals surface area (Å²) in [4.78, 5) is 0. The fourth-order valence-corrected chi connectivity index (χ4v) is 2.51. The molecule has 0 N–H and O–H groups in total. The summed E-state index contributed by atoms with van der Waals surface area (Å²) >= 11 is 0. The van der Waals surface area contributed by atoms with E-state index in [2.05, 4.69) is 44.5 Å². The minimum atomic E-state index is 0.583. The molecule has 1 atom stereocenters. The van der Waals surface area contributed by atoms with Gasteiger partial charge in [0, 0.05) is 27.6 Å². The van der Waals surface area contributed by atoms with Crippen LogP contribution in [0.3, 0.4) is 0 Å². The largest absolute Gasteiger partial charge is 0.488 e. The first-order valence-corrected chi connectivity index (χ1v) is 7.42. The lowest BCUT2D eigenvalue weighted by Crippen LogP contribution is -2.00. The summed E-state index contributed by atoms with van der Waals surface area (Å²) < 4.78 is 13.2. The van der Waals surface area contributed by atoms with E-state index in [-0.39, 0.29) is 0 Å². The van der Waals surface area contributed by atoms with Gasteiger partial charge in [-0.25, -0.2) is 0 Å². The Morgan fingerprint density at radius 3 is 2.62 bits per heavy atom. The number of nitrogens with zero attached hydrogens (tertiary/aromatic N) is 1. The maximum atomic E-state index is 5.97. The molecule has 0 fully saturated rings. The average molecular weight is 299 g/mol. The van der Waals surface area contributed by atoms with Gasteiger partial charge >= 0.3 is 0 Å². The topological polar surface area (TPSA) is 23.4 Å². The van der Waals surface area contributed by atoms with Gasteiger partial charge in [0.2, 0.25) is 0 Å². The van der Waals surface area contributed by atoms with E-state index >= 15 is 0 Å². The third-order valence-electron chi connectivity index (χ3n) is 3.46. The summed E-state index contributed by atoms with van der Waals surface area (Å²) in [6.45, 7) is 2.08. The van der Waals surface area contributed by atoms with Crippen molar-refractivity contribution in [2.45, 2.75) is 13.2 Å². The molecule has 0 radical (unpaired) electrons. The molecule has 3 rings (SSSR count). The van der Waals surface area contributed by atoms with E-state index in [4.69, 9.17) is 9.26 Å². The molecule has 21 heavy (non-hydrogen) atoms. The fourth-order valence-electron chi connectivity index (χ4n) is 2.40. The van der Waals surface area contributed by atoms with Crippen LogP contribution in [0.15, 0.2) is 60.8 Å². The highest BCUT2D eigenvalue weighted by atomic mass is 31.0. The first-order chi connectivity index (χ1) is 10.4. The molecule has 0 spiro atoms. The van der Waals surface area contributed by atoms with Gasteiger partial charge in [-0.1, -0.05) is 36.4 Å². The monoisotopic (exact) mass is 299 g/mol. The van der Waals surface area contributed by atoms with Crippen LogP contribution in [0.2, 0.25) is 0 Å². The van der Waals surface area contributed by atoms with Crippen LogP contribution in [0.5, 0.6) is 5.75 Å².